The van der Waals surface area contributed by atoms with E-state index in [4.69, 9.17) is 4.74 Å². The second-order valence-corrected chi connectivity index (χ2v) is 8.49. The Kier molecular flexibility index (Phi) is 3.01. The van der Waals surface area contributed by atoms with Gasteiger partial charge in [0.25, 0.3) is 0 Å². The number of carbonyl (C=O) groups is 2. The van der Waals surface area contributed by atoms with Crippen molar-refractivity contribution in [1.29, 1.82) is 0 Å². The monoisotopic (exact) mass is 337 g/mol. The van der Waals surface area contributed by atoms with E-state index in [-0.39, 0.29) is 35.3 Å². The second kappa shape index (κ2) is 4.96. The maximum Gasteiger partial charge on any atom is 0.417 e. The summed E-state index contributed by atoms with van der Waals surface area (Å²) in [6, 6.07) is 7.86. The van der Waals surface area contributed by atoms with Crippen molar-refractivity contribution < 1.29 is 14.3 Å². The molecule has 0 radical (unpaired) electrons. The fourth-order valence-corrected chi connectivity index (χ4v) is 5.53. The number of hydrogen-bond acceptors (Lipinski definition) is 3. The smallest absolute Gasteiger partial charge is 0.417 e. The Labute approximate surface area is 147 Å². The molecule has 4 heteroatoms. The number of allylic oxidation sites excluding steroid dienone is 2. The van der Waals surface area contributed by atoms with Crippen molar-refractivity contribution in [3.63, 3.8) is 0 Å². The fraction of sp³-hybridized carbons (Fsp3) is 0.524. The molecule has 6 rings (SSSR count). The van der Waals surface area contributed by atoms with Gasteiger partial charge in [0, 0.05) is 11.3 Å². The molecule has 1 heterocycles. The van der Waals surface area contributed by atoms with Crippen molar-refractivity contribution in [3.05, 3.63) is 47.5 Å². The molecule has 2 fully saturated rings. The predicted molar refractivity (Wildman–Crippen MR) is 92.8 cm³/mol. The summed E-state index contributed by atoms with van der Waals surface area (Å²) < 4.78 is 5.70. The second-order valence-electron chi connectivity index (χ2n) is 8.49. The zero-order valence-electron chi connectivity index (χ0n) is 14.6. The Morgan fingerprint density at radius 3 is 2.68 bits per heavy atom. The van der Waals surface area contributed by atoms with Crippen LogP contribution in [0.5, 0.6) is 0 Å². The highest BCUT2D eigenvalue weighted by Crippen LogP contribution is 2.53. The van der Waals surface area contributed by atoms with E-state index in [2.05, 4.69) is 32.1 Å². The largest absolute Gasteiger partial charge is 0.439 e. The predicted octanol–water partition coefficient (Wildman–Crippen LogP) is 3.97. The maximum absolute atomic E-state index is 13.4. The summed E-state index contributed by atoms with van der Waals surface area (Å²) in [7, 11) is 0. The lowest BCUT2D eigenvalue weighted by Gasteiger charge is -2.40. The molecule has 5 atom stereocenters. The molecular weight excluding hydrogens is 314 g/mol. The van der Waals surface area contributed by atoms with E-state index >= 15 is 0 Å². The molecule has 4 nitrogen and oxygen atoms in total. The van der Waals surface area contributed by atoms with E-state index in [1.807, 2.05) is 18.2 Å². The molecule has 1 aliphatic heterocycles. The molecule has 4 aliphatic carbocycles. The highest BCUT2D eigenvalue weighted by atomic mass is 16.6. The Balaban J connectivity index is 1.52. The van der Waals surface area contributed by atoms with E-state index in [1.165, 1.54) is 16.9 Å². The molecule has 0 aromatic heterocycles. The van der Waals surface area contributed by atoms with Gasteiger partial charge in [0.05, 0.1) is 6.04 Å². The zero-order valence-corrected chi connectivity index (χ0v) is 14.6. The Morgan fingerprint density at radius 1 is 1.20 bits per heavy atom. The molecule has 5 aliphatic rings. The van der Waals surface area contributed by atoms with Gasteiger partial charge in [-0.05, 0) is 42.2 Å². The molecule has 1 saturated heterocycles. The minimum atomic E-state index is -0.465. The number of rotatable bonds is 1. The van der Waals surface area contributed by atoms with Crippen LogP contribution in [-0.2, 0) is 14.9 Å². The van der Waals surface area contributed by atoms with Gasteiger partial charge >= 0.3 is 6.09 Å². The molecule has 1 aromatic carbocycles. The molecule has 25 heavy (non-hydrogen) atoms. The molecule has 130 valence electrons. The first-order chi connectivity index (χ1) is 12.0. The van der Waals surface area contributed by atoms with Gasteiger partial charge in [-0.25, -0.2) is 9.69 Å². The van der Waals surface area contributed by atoms with Crippen LogP contribution in [0.2, 0.25) is 0 Å². The highest BCUT2D eigenvalue weighted by Gasteiger charge is 2.60. The number of benzene rings is 1. The third kappa shape index (κ3) is 1.94. The van der Waals surface area contributed by atoms with Crippen LogP contribution < -0.4 is 0 Å². The minimum absolute atomic E-state index is 0.0302. The van der Waals surface area contributed by atoms with Crippen molar-refractivity contribution >= 4 is 12.0 Å². The van der Waals surface area contributed by atoms with Crippen molar-refractivity contribution in [2.45, 2.75) is 50.7 Å². The van der Waals surface area contributed by atoms with Gasteiger partial charge in [0.15, 0.2) is 6.10 Å². The van der Waals surface area contributed by atoms with E-state index in [1.54, 1.807) is 0 Å². The van der Waals surface area contributed by atoms with Crippen LogP contribution >= 0.6 is 0 Å². The Hall–Kier alpha value is -2.10. The number of fused-ring (bicyclic) bond motifs is 5. The number of ether oxygens (including phenoxy) is 1. The van der Waals surface area contributed by atoms with Gasteiger partial charge in [0.2, 0.25) is 5.91 Å². The summed E-state index contributed by atoms with van der Waals surface area (Å²) in [5.74, 6) is 0.658. The number of imide groups is 1. The summed E-state index contributed by atoms with van der Waals surface area (Å²) in [4.78, 5) is 27.5. The van der Waals surface area contributed by atoms with Crippen LogP contribution in [0.3, 0.4) is 0 Å². The molecule has 2 bridgehead atoms. The fourth-order valence-electron chi connectivity index (χ4n) is 5.53. The van der Waals surface area contributed by atoms with Gasteiger partial charge in [-0.1, -0.05) is 50.3 Å². The van der Waals surface area contributed by atoms with Gasteiger partial charge in [-0.2, -0.15) is 0 Å². The summed E-state index contributed by atoms with van der Waals surface area (Å²) in [6.07, 6.45) is 6.73. The average molecular weight is 337 g/mol. The zero-order chi connectivity index (χ0) is 17.3. The lowest BCUT2D eigenvalue weighted by atomic mass is 9.68. The van der Waals surface area contributed by atoms with E-state index in [9.17, 15) is 9.59 Å². The van der Waals surface area contributed by atoms with E-state index < -0.39 is 6.09 Å². The van der Waals surface area contributed by atoms with Gasteiger partial charge in [-0.3, -0.25) is 4.79 Å². The molecular formula is C21H23NO3. The Morgan fingerprint density at radius 2 is 2.00 bits per heavy atom. The first-order valence-electron chi connectivity index (χ1n) is 9.30. The first-order valence-corrected chi connectivity index (χ1v) is 9.30. The van der Waals surface area contributed by atoms with E-state index in [0.29, 0.717) is 5.92 Å². The molecule has 0 N–H and O–H groups in total. The minimum Gasteiger partial charge on any atom is -0.439 e. The molecule has 0 spiro atoms. The number of amides is 2. The molecule has 0 unspecified atom stereocenters. The molecule has 2 amide bonds. The van der Waals surface area contributed by atoms with Gasteiger partial charge in [0.1, 0.15) is 0 Å². The lowest BCUT2D eigenvalue weighted by Crippen LogP contribution is -2.51. The SMILES string of the molecule is CC1(C)c2ccccc2[C@H]2OC(=O)N(C(=O)[C@@H]3C[C@@H]4C=C[C@H]3CC4)[C@H]21. The first kappa shape index (κ1) is 15.2. The molecule has 1 saturated carbocycles. The molecule has 1 aromatic rings. The highest BCUT2D eigenvalue weighted by molar-refractivity contribution is 5.96. The summed E-state index contributed by atoms with van der Waals surface area (Å²) in [6.45, 7) is 4.23. The summed E-state index contributed by atoms with van der Waals surface area (Å²) >= 11 is 0. The van der Waals surface area contributed by atoms with Crippen LogP contribution in [0.25, 0.3) is 0 Å². The van der Waals surface area contributed by atoms with Crippen LogP contribution in [0, 0.1) is 17.8 Å². The van der Waals surface area contributed by atoms with Gasteiger partial charge < -0.3 is 4.74 Å². The standard InChI is InChI=1S/C21H23NO3/c1-21(2)16-6-4-3-5-14(16)17-18(21)22(20(24)25-17)19(23)15-11-12-7-9-13(15)10-8-12/h3-7,9,12-13,15,17-18H,8,10-11H2,1-2H3/t12-,13+,15-,17-,18-/m1/s1. The topological polar surface area (TPSA) is 46.6 Å². The number of nitrogens with zero attached hydrogens (tertiary/aromatic N) is 1. The van der Waals surface area contributed by atoms with Crippen LogP contribution in [0.4, 0.5) is 4.79 Å². The Bertz CT molecular complexity index is 796. The van der Waals surface area contributed by atoms with Crippen LogP contribution in [-0.4, -0.2) is 22.9 Å². The number of hydrogen-bond donors (Lipinski definition) is 0. The number of carbonyl (C=O) groups excluding carboxylic acids is 2. The van der Waals surface area contributed by atoms with Crippen molar-refractivity contribution in [3.8, 4) is 0 Å². The quantitative estimate of drug-likeness (QED) is 0.729. The van der Waals surface area contributed by atoms with Crippen molar-refractivity contribution in [2.75, 3.05) is 0 Å². The van der Waals surface area contributed by atoms with Crippen molar-refractivity contribution in [1.82, 2.24) is 4.90 Å². The van der Waals surface area contributed by atoms with Crippen LogP contribution in [0.15, 0.2) is 36.4 Å². The van der Waals surface area contributed by atoms with E-state index in [0.717, 1.165) is 18.4 Å². The van der Waals surface area contributed by atoms with Crippen LogP contribution in [0.1, 0.15) is 50.3 Å². The van der Waals surface area contributed by atoms with Crippen molar-refractivity contribution in [2.24, 2.45) is 17.8 Å². The normalized spacial score (nSPS) is 37.0. The third-order valence-corrected chi connectivity index (χ3v) is 6.82. The summed E-state index contributed by atoms with van der Waals surface area (Å²) in [5.41, 5.74) is 1.93. The van der Waals surface area contributed by atoms with Gasteiger partial charge in [-0.15, -0.1) is 0 Å². The lowest BCUT2D eigenvalue weighted by molar-refractivity contribution is -0.137. The maximum atomic E-state index is 13.4. The third-order valence-electron chi connectivity index (χ3n) is 6.82. The summed E-state index contributed by atoms with van der Waals surface area (Å²) in [5, 5.41) is 0. The average Bonchev–Trinajstić information content (AvgIpc) is 3.09.